The lowest BCUT2D eigenvalue weighted by atomic mass is 9.96. The largest absolute Gasteiger partial charge is 0.340 e. The third-order valence-corrected chi connectivity index (χ3v) is 6.38. The van der Waals surface area contributed by atoms with Crippen molar-refractivity contribution in [3.05, 3.63) is 35.6 Å². The molecule has 0 unspecified atom stereocenters. The van der Waals surface area contributed by atoms with Gasteiger partial charge in [-0.1, -0.05) is 38.3 Å². The number of piperazine rings is 1. The van der Waals surface area contributed by atoms with Gasteiger partial charge in [0.05, 0.1) is 0 Å². The quantitative estimate of drug-likeness (QED) is 0.683. The summed E-state index contributed by atoms with van der Waals surface area (Å²) in [5, 5.41) is 3.22. The summed E-state index contributed by atoms with van der Waals surface area (Å²) in [5.41, 5.74) is 0.926. The normalized spacial score (nSPS) is 18.1. The third kappa shape index (κ3) is 7.49. The topological polar surface area (TPSA) is 55.9 Å². The van der Waals surface area contributed by atoms with Crippen LogP contribution in [0.2, 0.25) is 0 Å². The lowest BCUT2D eigenvalue weighted by molar-refractivity contribution is -0.133. The molecule has 0 bridgehead atoms. The minimum absolute atomic E-state index is 0.0343. The molecule has 1 saturated carbocycles. The Labute approximate surface area is 185 Å². The molecule has 172 valence electrons. The highest BCUT2D eigenvalue weighted by molar-refractivity contribution is 5.76. The van der Waals surface area contributed by atoms with Gasteiger partial charge in [-0.2, -0.15) is 0 Å². The summed E-state index contributed by atoms with van der Waals surface area (Å²) in [7, 11) is 0. The monoisotopic (exact) mass is 432 g/mol. The maximum Gasteiger partial charge on any atom is 0.317 e. The molecule has 2 fully saturated rings. The zero-order valence-corrected chi connectivity index (χ0v) is 18.8. The van der Waals surface area contributed by atoms with Crippen molar-refractivity contribution >= 4 is 11.9 Å². The van der Waals surface area contributed by atoms with E-state index in [0.717, 1.165) is 57.5 Å². The van der Waals surface area contributed by atoms with E-state index in [2.05, 4.69) is 10.2 Å². The Morgan fingerprint density at radius 3 is 2.39 bits per heavy atom. The lowest BCUT2D eigenvalue weighted by Crippen LogP contribution is -2.52. The van der Waals surface area contributed by atoms with E-state index in [9.17, 15) is 14.0 Å². The number of rotatable bonds is 8. The summed E-state index contributed by atoms with van der Waals surface area (Å²) in [5.74, 6) is -0.0237. The fourth-order valence-electron chi connectivity index (χ4n) is 4.43. The number of nitrogens with zero attached hydrogens (tertiary/aromatic N) is 3. The number of carbonyl (C=O) groups is 2. The molecule has 3 amide bonds. The number of nitrogens with one attached hydrogen (secondary N) is 1. The van der Waals surface area contributed by atoms with E-state index in [1.165, 1.54) is 31.4 Å². The van der Waals surface area contributed by atoms with Gasteiger partial charge in [-0.25, -0.2) is 9.18 Å². The number of carbonyl (C=O) groups excluding carboxylic acids is 2. The van der Waals surface area contributed by atoms with Crippen LogP contribution in [-0.4, -0.2) is 71.9 Å². The lowest BCUT2D eigenvalue weighted by Gasteiger charge is -2.36. The number of halogens is 1. The molecule has 1 aromatic rings. The highest BCUT2D eigenvalue weighted by Crippen LogP contribution is 2.18. The van der Waals surface area contributed by atoms with Crippen LogP contribution in [0, 0.1) is 5.82 Å². The molecule has 0 spiro atoms. The first-order valence-corrected chi connectivity index (χ1v) is 11.8. The Balaban J connectivity index is 1.54. The Hall–Kier alpha value is -2.15. The fraction of sp³-hybridized carbons (Fsp3) is 0.667. The second kappa shape index (κ2) is 12.0. The van der Waals surface area contributed by atoms with E-state index < -0.39 is 0 Å². The highest BCUT2D eigenvalue weighted by atomic mass is 19.1. The number of amides is 3. The van der Waals surface area contributed by atoms with Crippen LogP contribution in [0.15, 0.2) is 24.3 Å². The van der Waals surface area contributed by atoms with Gasteiger partial charge in [-0.05, 0) is 37.0 Å². The van der Waals surface area contributed by atoms with E-state index in [1.807, 2.05) is 16.7 Å². The maximum absolute atomic E-state index is 13.3. The standard InChI is InChI=1S/C24H37FN4O2/c1-2-6-23(30)28-16-13-27(14-17-28)15-18-29(19-20-9-11-21(25)12-10-20)24(31)26-22-7-4-3-5-8-22/h9-12,22H,2-8,13-19H2,1H3,(H,26,31). The van der Waals surface area contributed by atoms with Crippen LogP contribution in [0.5, 0.6) is 0 Å². The van der Waals surface area contributed by atoms with Crippen molar-refractivity contribution in [1.29, 1.82) is 0 Å². The fourth-order valence-corrected chi connectivity index (χ4v) is 4.43. The summed E-state index contributed by atoms with van der Waals surface area (Å²) in [6.45, 7) is 7.06. The molecule has 2 aliphatic rings. The van der Waals surface area contributed by atoms with Gasteiger partial charge in [0.2, 0.25) is 5.91 Å². The van der Waals surface area contributed by atoms with Crippen molar-refractivity contribution in [3.8, 4) is 0 Å². The van der Waals surface area contributed by atoms with Gasteiger partial charge in [-0.15, -0.1) is 0 Å². The average molecular weight is 433 g/mol. The van der Waals surface area contributed by atoms with E-state index in [4.69, 9.17) is 0 Å². The molecule has 1 aliphatic heterocycles. The molecule has 7 heteroatoms. The first-order chi connectivity index (χ1) is 15.0. The van der Waals surface area contributed by atoms with Crippen molar-refractivity contribution < 1.29 is 14.0 Å². The molecule has 1 aliphatic carbocycles. The minimum Gasteiger partial charge on any atom is -0.340 e. The second-order valence-corrected chi connectivity index (χ2v) is 8.80. The Morgan fingerprint density at radius 2 is 1.74 bits per heavy atom. The molecule has 3 rings (SSSR count). The van der Waals surface area contributed by atoms with Crippen LogP contribution in [0.4, 0.5) is 9.18 Å². The number of urea groups is 1. The van der Waals surface area contributed by atoms with Crippen molar-refractivity contribution in [1.82, 2.24) is 20.0 Å². The summed E-state index contributed by atoms with van der Waals surface area (Å²) < 4.78 is 13.3. The molecule has 1 saturated heterocycles. The zero-order valence-electron chi connectivity index (χ0n) is 18.8. The summed E-state index contributed by atoms with van der Waals surface area (Å²) >= 11 is 0. The average Bonchev–Trinajstić information content (AvgIpc) is 2.79. The maximum atomic E-state index is 13.3. The van der Waals surface area contributed by atoms with Gasteiger partial charge < -0.3 is 15.1 Å². The zero-order chi connectivity index (χ0) is 22.1. The number of hydrogen-bond acceptors (Lipinski definition) is 3. The van der Waals surface area contributed by atoms with Crippen LogP contribution in [0.3, 0.4) is 0 Å². The summed E-state index contributed by atoms with van der Waals surface area (Å²) in [4.78, 5) is 31.2. The first-order valence-electron chi connectivity index (χ1n) is 11.8. The van der Waals surface area contributed by atoms with Gasteiger partial charge in [0.25, 0.3) is 0 Å². The van der Waals surface area contributed by atoms with Gasteiger partial charge in [0.1, 0.15) is 5.82 Å². The second-order valence-electron chi connectivity index (χ2n) is 8.80. The highest BCUT2D eigenvalue weighted by Gasteiger charge is 2.23. The number of benzene rings is 1. The van der Waals surface area contributed by atoms with Crippen LogP contribution < -0.4 is 5.32 Å². The van der Waals surface area contributed by atoms with Crippen LogP contribution >= 0.6 is 0 Å². The predicted molar refractivity (Wildman–Crippen MR) is 120 cm³/mol. The van der Waals surface area contributed by atoms with Crippen LogP contribution in [0.25, 0.3) is 0 Å². The van der Waals surface area contributed by atoms with Crippen molar-refractivity contribution in [2.24, 2.45) is 0 Å². The molecule has 0 aromatic heterocycles. The Morgan fingerprint density at radius 1 is 1.06 bits per heavy atom. The van der Waals surface area contributed by atoms with Crippen molar-refractivity contribution in [2.75, 3.05) is 39.3 Å². The minimum atomic E-state index is -0.266. The van der Waals surface area contributed by atoms with Gasteiger partial charge in [0.15, 0.2) is 0 Å². The molecule has 31 heavy (non-hydrogen) atoms. The van der Waals surface area contributed by atoms with Crippen molar-refractivity contribution in [3.63, 3.8) is 0 Å². The Kier molecular flexibility index (Phi) is 9.13. The molecular formula is C24H37FN4O2. The smallest absolute Gasteiger partial charge is 0.317 e. The van der Waals surface area contributed by atoms with Gasteiger partial charge in [-0.3, -0.25) is 9.69 Å². The first kappa shape index (κ1) is 23.5. The molecule has 1 heterocycles. The third-order valence-electron chi connectivity index (χ3n) is 6.38. The molecule has 0 atom stereocenters. The van der Waals surface area contributed by atoms with Crippen LogP contribution in [-0.2, 0) is 11.3 Å². The Bertz CT molecular complexity index is 698. The predicted octanol–water partition coefficient (Wildman–Crippen LogP) is 3.61. The molecule has 1 N–H and O–H groups in total. The van der Waals surface area contributed by atoms with Crippen molar-refractivity contribution in [2.45, 2.75) is 64.5 Å². The molecule has 0 radical (unpaired) electrons. The summed E-state index contributed by atoms with van der Waals surface area (Å²) in [6.07, 6.45) is 7.18. The SMILES string of the molecule is CCCC(=O)N1CCN(CCN(Cc2ccc(F)cc2)C(=O)NC2CCCCC2)CC1. The summed E-state index contributed by atoms with van der Waals surface area (Å²) in [6, 6.07) is 6.60. The van der Waals surface area contributed by atoms with E-state index in [1.54, 1.807) is 12.1 Å². The molecule has 1 aromatic carbocycles. The molecule has 6 nitrogen and oxygen atoms in total. The molecular weight excluding hydrogens is 395 g/mol. The van der Waals surface area contributed by atoms with Crippen LogP contribution in [0.1, 0.15) is 57.4 Å². The van der Waals surface area contributed by atoms with E-state index >= 15 is 0 Å². The van der Waals surface area contributed by atoms with Gasteiger partial charge in [0, 0.05) is 58.3 Å². The van der Waals surface area contributed by atoms with E-state index in [0.29, 0.717) is 19.5 Å². The number of hydrogen-bond donors (Lipinski definition) is 1. The van der Waals surface area contributed by atoms with E-state index in [-0.39, 0.29) is 23.8 Å². The van der Waals surface area contributed by atoms with Gasteiger partial charge >= 0.3 is 6.03 Å².